The third-order valence-electron chi connectivity index (χ3n) is 3.35. The Kier molecular flexibility index (Phi) is 5.89. The van der Waals surface area contributed by atoms with E-state index in [1.54, 1.807) is 18.4 Å². The summed E-state index contributed by atoms with van der Waals surface area (Å²) in [4.78, 5) is 12.0. The molecule has 0 bridgehead atoms. The second kappa shape index (κ2) is 7.68. The van der Waals surface area contributed by atoms with Crippen molar-refractivity contribution in [2.24, 2.45) is 0 Å². The Morgan fingerprint density at radius 3 is 2.64 bits per heavy atom. The van der Waals surface area contributed by atoms with Gasteiger partial charge in [0.1, 0.15) is 5.76 Å². The fraction of sp³-hybridized carbons (Fsp3) is 0.312. The predicted molar refractivity (Wildman–Crippen MR) is 88.1 cm³/mol. The van der Waals surface area contributed by atoms with E-state index in [1.807, 2.05) is 32.0 Å². The molecule has 118 valence electrons. The van der Waals surface area contributed by atoms with Gasteiger partial charge < -0.3 is 9.73 Å². The molecular weight excluding hydrogens is 323 g/mol. The molecular formula is C16H18Cl2N2O2. The molecule has 2 aromatic rings. The minimum atomic E-state index is -0.196. The number of hydrogen-bond acceptors (Lipinski definition) is 3. The van der Waals surface area contributed by atoms with Crippen LogP contribution in [0.15, 0.2) is 41.0 Å². The van der Waals surface area contributed by atoms with Crippen molar-refractivity contribution in [2.45, 2.75) is 25.9 Å². The molecule has 0 spiro atoms. The zero-order valence-electron chi connectivity index (χ0n) is 12.4. The van der Waals surface area contributed by atoms with Gasteiger partial charge in [-0.1, -0.05) is 29.3 Å². The van der Waals surface area contributed by atoms with Gasteiger partial charge in [0.05, 0.1) is 24.9 Å². The summed E-state index contributed by atoms with van der Waals surface area (Å²) in [6.45, 7) is 4.01. The molecule has 0 fully saturated rings. The maximum atomic E-state index is 12.0. The molecule has 2 atom stereocenters. The van der Waals surface area contributed by atoms with Crippen LogP contribution in [-0.4, -0.2) is 12.5 Å². The van der Waals surface area contributed by atoms with Gasteiger partial charge in [0, 0.05) is 10.0 Å². The Bertz CT molecular complexity index is 629. The zero-order chi connectivity index (χ0) is 16.1. The summed E-state index contributed by atoms with van der Waals surface area (Å²) >= 11 is 12.0. The van der Waals surface area contributed by atoms with Crippen LogP contribution in [-0.2, 0) is 4.79 Å². The van der Waals surface area contributed by atoms with Crippen molar-refractivity contribution >= 4 is 29.1 Å². The second-order valence-electron chi connectivity index (χ2n) is 5.07. The first kappa shape index (κ1) is 16.9. The van der Waals surface area contributed by atoms with Crippen molar-refractivity contribution in [1.29, 1.82) is 0 Å². The largest absolute Gasteiger partial charge is 0.468 e. The van der Waals surface area contributed by atoms with Crippen LogP contribution in [0.5, 0.6) is 0 Å². The summed E-state index contributed by atoms with van der Waals surface area (Å²) in [5.74, 6) is 0.679. The number of halogens is 2. The van der Waals surface area contributed by atoms with E-state index >= 15 is 0 Å². The lowest BCUT2D eigenvalue weighted by molar-refractivity contribution is -0.121. The number of rotatable bonds is 6. The molecule has 22 heavy (non-hydrogen) atoms. The summed E-state index contributed by atoms with van der Waals surface area (Å²) in [6, 6.07) is 8.69. The second-order valence-corrected chi connectivity index (χ2v) is 5.92. The van der Waals surface area contributed by atoms with E-state index in [0.29, 0.717) is 10.0 Å². The summed E-state index contributed by atoms with van der Waals surface area (Å²) < 4.78 is 5.28. The first-order valence-electron chi connectivity index (χ1n) is 6.98. The summed E-state index contributed by atoms with van der Waals surface area (Å²) in [5.41, 5.74) is 0.832. The first-order chi connectivity index (χ1) is 10.5. The van der Waals surface area contributed by atoms with Crippen LogP contribution < -0.4 is 10.6 Å². The van der Waals surface area contributed by atoms with Crippen molar-refractivity contribution in [1.82, 2.24) is 10.6 Å². The average molecular weight is 341 g/mol. The van der Waals surface area contributed by atoms with E-state index in [2.05, 4.69) is 10.6 Å². The smallest absolute Gasteiger partial charge is 0.234 e. The molecule has 1 heterocycles. The van der Waals surface area contributed by atoms with Gasteiger partial charge in [0.25, 0.3) is 0 Å². The van der Waals surface area contributed by atoms with Crippen LogP contribution in [0.2, 0.25) is 10.0 Å². The van der Waals surface area contributed by atoms with Crippen LogP contribution >= 0.6 is 23.2 Å². The van der Waals surface area contributed by atoms with E-state index in [9.17, 15) is 4.79 Å². The monoisotopic (exact) mass is 340 g/mol. The highest BCUT2D eigenvalue weighted by molar-refractivity contribution is 6.35. The van der Waals surface area contributed by atoms with E-state index in [1.165, 1.54) is 0 Å². The van der Waals surface area contributed by atoms with Gasteiger partial charge in [0.2, 0.25) is 5.91 Å². The lowest BCUT2D eigenvalue weighted by Crippen LogP contribution is -2.36. The molecule has 0 aliphatic carbocycles. The van der Waals surface area contributed by atoms with Crippen molar-refractivity contribution in [2.75, 3.05) is 6.54 Å². The Balaban J connectivity index is 1.86. The maximum Gasteiger partial charge on any atom is 0.234 e. The quantitative estimate of drug-likeness (QED) is 0.831. The minimum absolute atomic E-state index is 0.0322. The Morgan fingerprint density at radius 2 is 2.00 bits per heavy atom. The van der Waals surface area contributed by atoms with Crippen LogP contribution in [0.4, 0.5) is 0 Å². The molecule has 0 aliphatic rings. The van der Waals surface area contributed by atoms with E-state index in [-0.39, 0.29) is 24.5 Å². The lowest BCUT2D eigenvalue weighted by Gasteiger charge is -2.17. The molecule has 2 N–H and O–H groups in total. The van der Waals surface area contributed by atoms with Crippen molar-refractivity contribution in [3.05, 3.63) is 58.0 Å². The highest BCUT2D eigenvalue weighted by Crippen LogP contribution is 2.25. The third-order valence-corrected chi connectivity index (χ3v) is 3.91. The van der Waals surface area contributed by atoms with Crippen molar-refractivity contribution < 1.29 is 9.21 Å². The van der Waals surface area contributed by atoms with Crippen molar-refractivity contribution in [3.8, 4) is 0 Å². The van der Waals surface area contributed by atoms with Gasteiger partial charge in [-0.2, -0.15) is 0 Å². The molecule has 0 radical (unpaired) electrons. The predicted octanol–water partition coefficient (Wildman–Crippen LogP) is 4.11. The average Bonchev–Trinajstić information content (AvgIpc) is 2.98. The number of hydrogen-bond donors (Lipinski definition) is 2. The molecule has 6 heteroatoms. The molecule has 1 aromatic carbocycles. The van der Waals surface area contributed by atoms with E-state index in [0.717, 1.165) is 11.3 Å². The molecule has 0 saturated heterocycles. The topological polar surface area (TPSA) is 54.3 Å². The third kappa shape index (κ3) is 4.50. The highest BCUT2D eigenvalue weighted by Gasteiger charge is 2.14. The van der Waals surface area contributed by atoms with Crippen LogP contribution in [0, 0.1) is 0 Å². The van der Waals surface area contributed by atoms with Gasteiger partial charge in [-0.15, -0.1) is 0 Å². The number of carbonyl (C=O) groups is 1. The van der Waals surface area contributed by atoms with Gasteiger partial charge in [-0.05, 0) is 43.7 Å². The number of benzene rings is 1. The lowest BCUT2D eigenvalue weighted by atomic mass is 10.1. The molecule has 1 amide bonds. The normalized spacial score (nSPS) is 13.6. The number of nitrogens with one attached hydrogen (secondary N) is 2. The van der Waals surface area contributed by atoms with Gasteiger partial charge in [-0.3, -0.25) is 10.1 Å². The molecule has 1 aromatic heterocycles. The first-order valence-corrected chi connectivity index (χ1v) is 7.74. The maximum absolute atomic E-state index is 12.0. The molecule has 2 rings (SSSR count). The fourth-order valence-corrected chi connectivity index (χ4v) is 2.68. The number of carbonyl (C=O) groups excluding carboxylic acids is 1. The van der Waals surface area contributed by atoms with E-state index < -0.39 is 0 Å². The zero-order valence-corrected chi connectivity index (χ0v) is 13.9. The Morgan fingerprint density at radius 1 is 1.23 bits per heavy atom. The molecule has 0 aliphatic heterocycles. The minimum Gasteiger partial charge on any atom is -0.468 e. The number of furan rings is 1. The highest BCUT2D eigenvalue weighted by atomic mass is 35.5. The number of amides is 1. The summed E-state index contributed by atoms with van der Waals surface area (Å²) in [7, 11) is 0. The van der Waals surface area contributed by atoms with Crippen LogP contribution in [0.1, 0.15) is 37.3 Å². The SMILES string of the molecule is C[C@@H](NCC(=O)N[C@H](C)c1ccc(Cl)cc1Cl)c1ccco1. The van der Waals surface area contributed by atoms with Crippen LogP contribution in [0.25, 0.3) is 0 Å². The molecule has 4 nitrogen and oxygen atoms in total. The molecule has 0 saturated carbocycles. The van der Waals surface area contributed by atoms with Gasteiger partial charge in [0.15, 0.2) is 0 Å². The Hall–Kier alpha value is -1.49. The summed E-state index contributed by atoms with van der Waals surface area (Å²) in [5, 5.41) is 7.11. The standard InChI is InChI=1S/C16H18Cl2N2O2/c1-10(13-6-5-12(17)8-14(13)18)20-16(21)9-19-11(2)15-4-3-7-22-15/h3-8,10-11,19H,9H2,1-2H3,(H,20,21)/t10-,11-/m1/s1. The Labute approximate surface area is 139 Å². The van der Waals surface area contributed by atoms with Gasteiger partial charge in [-0.25, -0.2) is 0 Å². The van der Waals surface area contributed by atoms with E-state index in [4.69, 9.17) is 27.6 Å². The van der Waals surface area contributed by atoms with Crippen LogP contribution in [0.3, 0.4) is 0 Å². The van der Waals surface area contributed by atoms with Crippen molar-refractivity contribution in [3.63, 3.8) is 0 Å². The fourth-order valence-electron chi connectivity index (χ4n) is 2.11. The molecule has 0 unspecified atom stereocenters. The summed E-state index contributed by atoms with van der Waals surface area (Å²) in [6.07, 6.45) is 1.61. The van der Waals surface area contributed by atoms with Gasteiger partial charge >= 0.3 is 0 Å².